The summed E-state index contributed by atoms with van der Waals surface area (Å²) >= 11 is 0. The summed E-state index contributed by atoms with van der Waals surface area (Å²) in [6.07, 6.45) is 1.96. The molecule has 0 aliphatic heterocycles. The monoisotopic (exact) mass is 391 g/mol. The standard InChI is InChI=1S/C19H22FN3O3S/c1-13(17-4-2-3-5-18(17)20)23(15-8-9-15)12-19(24)22-14-6-10-16(11-7-14)27(21,25)26/h2-7,10-11,13,15H,8-9,12H2,1H3,(H,22,24)(H2,21,25,26). The van der Waals surface area contributed by atoms with E-state index >= 15 is 0 Å². The molecule has 2 aromatic rings. The summed E-state index contributed by atoms with van der Waals surface area (Å²) in [5.74, 6) is -0.525. The lowest BCUT2D eigenvalue weighted by molar-refractivity contribution is -0.118. The van der Waals surface area contributed by atoms with Gasteiger partial charge in [0.2, 0.25) is 15.9 Å². The Hall–Kier alpha value is -2.29. The third-order valence-corrected chi connectivity index (χ3v) is 5.59. The number of hydrogen-bond donors (Lipinski definition) is 2. The number of carbonyl (C=O) groups is 1. The summed E-state index contributed by atoms with van der Waals surface area (Å²) in [5, 5.41) is 7.81. The third kappa shape index (κ3) is 4.91. The van der Waals surface area contributed by atoms with Crippen LogP contribution in [0.15, 0.2) is 53.4 Å². The van der Waals surface area contributed by atoms with Crippen LogP contribution in [-0.2, 0) is 14.8 Å². The molecule has 0 radical (unpaired) electrons. The smallest absolute Gasteiger partial charge is 0.238 e. The zero-order chi connectivity index (χ0) is 19.6. The molecule has 0 heterocycles. The van der Waals surface area contributed by atoms with E-state index in [1.807, 2.05) is 11.8 Å². The molecule has 3 rings (SSSR count). The van der Waals surface area contributed by atoms with Crippen LogP contribution in [0.4, 0.5) is 10.1 Å². The fourth-order valence-corrected chi connectivity index (χ4v) is 3.59. The molecule has 144 valence electrons. The van der Waals surface area contributed by atoms with Crippen LogP contribution in [0.2, 0.25) is 0 Å². The van der Waals surface area contributed by atoms with Gasteiger partial charge in [0.15, 0.2) is 0 Å². The maximum absolute atomic E-state index is 14.1. The number of anilines is 1. The fourth-order valence-electron chi connectivity index (χ4n) is 3.08. The number of primary sulfonamides is 1. The number of rotatable bonds is 7. The van der Waals surface area contributed by atoms with Gasteiger partial charge in [0.25, 0.3) is 0 Å². The lowest BCUT2D eigenvalue weighted by Crippen LogP contribution is -2.37. The number of halogens is 1. The van der Waals surface area contributed by atoms with Crippen LogP contribution in [0.1, 0.15) is 31.4 Å². The van der Waals surface area contributed by atoms with Crippen molar-refractivity contribution in [2.75, 3.05) is 11.9 Å². The van der Waals surface area contributed by atoms with Crippen LogP contribution in [0.5, 0.6) is 0 Å². The Kier molecular flexibility index (Phi) is 5.59. The van der Waals surface area contributed by atoms with Crippen molar-refractivity contribution in [1.29, 1.82) is 0 Å². The molecular formula is C19H22FN3O3S. The van der Waals surface area contributed by atoms with Gasteiger partial charge in [0.1, 0.15) is 5.82 Å². The second-order valence-electron chi connectivity index (χ2n) is 6.72. The average Bonchev–Trinajstić information content (AvgIpc) is 3.44. The Labute approximate surface area is 158 Å². The highest BCUT2D eigenvalue weighted by Gasteiger charge is 2.34. The first-order valence-electron chi connectivity index (χ1n) is 8.68. The number of hydrogen-bond acceptors (Lipinski definition) is 4. The van der Waals surface area contributed by atoms with Gasteiger partial charge < -0.3 is 5.32 Å². The van der Waals surface area contributed by atoms with Crippen molar-refractivity contribution in [3.8, 4) is 0 Å². The summed E-state index contributed by atoms with van der Waals surface area (Å²) < 4.78 is 36.7. The molecular weight excluding hydrogens is 369 g/mol. The Morgan fingerprint density at radius 1 is 1.22 bits per heavy atom. The summed E-state index contributed by atoms with van der Waals surface area (Å²) in [6, 6.07) is 12.3. The quantitative estimate of drug-likeness (QED) is 0.759. The minimum absolute atomic E-state index is 0.0201. The Morgan fingerprint density at radius 3 is 2.41 bits per heavy atom. The van der Waals surface area contributed by atoms with Crippen molar-refractivity contribution >= 4 is 21.6 Å². The molecule has 1 fully saturated rings. The average molecular weight is 391 g/mol. The van der Waals surface area contributed by atoms with Crippen molar-refractivity contribution in [2.45, 2.75) is 36.7 Å². The molecule has 0 spiro atoms. The Bertz CT molecular complexity index is 927. The minimum Gasteiger partial charge on any atom is -0.325 e. The van der Waals surface area contributed by atoms with Crippen LogP contribution < -0.4 is 10.5 Å². The van der Waals surface area contributed by atoms with Gasteiger partial charge in [-0.1, -0.05) is 18.2 Å². The molecule has 0 saturated heterocycles. The van der Waals surface area contributed by atoms with Crippen LogP contribution in [-0.4, -0.2) is 31.8 Å². The molecule has 1 aliphatic rings. The van der Waals surface area contributed by atoms with Crippen molar-refractivity contribution in [3.63, 3.8) is 0 Å². The topological polar surface area (TPSA) is 92.5 Å². The number of carbonyl (C=O) groups excluding carboxylic acids is 1. The number of nitrogens with one attached hydrogen (secondary N) is 1. The maximum Gasteiger partial charge on any atom is 0.238 e. The molecule has 1 aliphatic carbocycles. The highest BCUT2D eigenvalue weighted by molar-refractivity contribution is 7.89. The number of benzene rings is 2. The van der Waals surface area contributed by atoms with Crippen molar-refractivity contribution in [1.82, 2.24) is 4.90 Å². The minimum atomic E-state index is -3.77. The zero-order valence-electron chi connectivity index (χ0n) is 14.9. The first-order chi connectivity index (χ1) is 12.8. The number of nitrogens with zero attached hydrogens (tertiary/aromatic N) is 1. The Morgan fingerprint density at radius 2 is 1.85 bits per heavy atom. The molecule has 1 saturated carbocycles. The van der Waals surface area contributed by atoms with Crippen molar-refractivity contribution in [3.05, 3.63) is 59.9 Å². The molecule has 27 heavy (non-hydrogen) atoms. The number of amides is 1. The van der Waals surface area contributed by atoms with Gasteiger partial charge in [0.05, 0.1) is 11.4 Å². The van der Waals surface area contributed by atoms with E-state index in [2.05, 4.69) is 5.32 Å². The SMILES string of the molecule is CC(c1ccccc1F)N(CC(=O)Nc1ccc(S(N)(=O)=O)cc1)C1CC1. The van der Waals surface area contributed by atoms with E-state index in [0.29, 0.717) is 11.3 Å². The molecule has 1 atom stereocenters. The Balaban J connectivity index is 1.68. The normalized spacial score (nSPS) is 15.6. The van der Waals surface area contributed by atoms with Crippen LogP contribution >= 0.6 is 0 Å². The van der Waals surface area contributed by atoms with E-state index in [1.165, 1.54) is 30.3 Å². The molecule has 3 N–H and O–H groups in total. The highest BCUT2D eigenvalue weighted by Crippen LogP contribution is 2.34. The maximum atomic E-state index is 14.1. The molecule has 0 bridgehead atoms. The van der Waals surface area contributed by atoms with Gasteiger partial charge in [-0.2, -0.15) is 0 Å². The molecule has 6 nitrogen and oxygen atoms in total. The predicted molar refractivity (Wildman–Crippen MR) is 101 cm³/mol. The van der Waals surface area contributed by atoms with Gasteiger partial charge in [-0.25, -0.2) is 17.9 Å². The largest absolute Gasteiger partial charge is 0.325 e. The van der Waals surface area contributed by atoms with Gasteiger partial charge in [-0.3, -0.25) is 9.69 Å². The van der Waals surface area contributed by atoms with Crippen LogP contribution in [0, 0.1) is 5.82 Å². The highest BCUT2D eigenvalue weighted by atomic mass is 32.2. The van der Waals surface area contributed by atoms with Crippen LogP contribution in [0.25, 0.3) is 0 Å². The fraction of sp³-hybridized carbons (Fsp3) is 0.316. The lowest BCUT2D eigenvalue weighted by atomic mass is 10.1. The summed E-state index contributed by atoms with van der Waals surface area (Å²) in [6.45, 7) is 2.02. The molecule has 1 amide bonds. The van der Waals surface area contributed by atoms with Crippen molar-refractivity contribution in [2.24, 2.45) is 5.14 Å². The van der Waals surface area contributed by atoms with Crippen LogP contribution in [0.3, 0.4) is 0 Å². The van der Waals surface area contributed by atoms with E-state index in [1.54, 1.807) is 18.2 Å². The zero-order valence-corrected chi connectivity index (χ0v) is 15.7. The molecule has 0 aromatic heterocycles. The summed E-state index contributed by atoms with van der Waals surface area (Å²) in [5.41, 5.74) is 1.04. The van der Waals surface area contributed by atoms with Gasteiger partial charge in [-0.05, 0) is 50.1 Å². The van der Waals surface area contributed by atoms with E-state index in [0.717, 1.165) is 12.8 Å². The summed E-state index contributed by atoms with van der Waals surface area (Å²) in [7, 11) is -3.77. The van der Waals surface area contributed by atoms with Gasteiger partial charge in [-0.15, -0.1) is 0 Å². The van der Waals surface area contributed by atoms with Gasteiger partial charge >= 0.3 is 0 Å². The molecule has 2 aromatic carbocycles. The van der Waals surface area contributed by atoms with E-state index in [-0.39, 0.29) is 35.2 Å². The summed E-state index contributed by atoms with van der Waals surface area (Å²) in [4.78, 5) is 14.4. The van der Waals surface area contributed by atoms with E-state index in [4.69, 9.17) is 5.14 Å². The van der Waals surface area contributed by atoms with Gasteiger partial charge in [0, 0.05) is 23.3 Å². The second-order valence-corrected chi connectivity index (χ2v) is 8.28. The van der Waals surface area contributed by atoms with Crippen molar-refractivity contribution < 1.29 is 17.6 Å². The molecule has 1 unspecified atom stereocenters. The third-order valence-electron chi connectivity index (χ3n) is 4.66. The van der Waals surface area contributed by atoms with E-state index < -0.39 is 10.0 Å². The van der Waals surface area contributed by atoms with E-state index in [9.17, 15) is 17.6 Å². The second kappa shape index (κ2) is 7.75. The molecule has 8 heteroatoms. The lowest BCUT2D eigenvalue weighted by Gasteiger charge is -2.29. The first kappa shape index (κ1) is 19.5. The first-order valence-corrected chi connectivity index (χ1v) is 10.2. The number of sulfonamides is 1. The number of nitrogens with two attached hydrogens (primary N) is 1. The predicted octanol–water partition coefficient (Wildman–Crippen LogP) is 2.64.